The first-order chi connectivity index (χ1) is 15.7. The van der Waals surface area contributed by atoms with E-state index in [9.17, 15) is 4.79 Å². The Morgan fingerprint density at radius 2 is 2.06 bits per heavy atom. The number of aromatic nitrogens is 1. The number of carbonyl (C=O) groups is 1. The molecule has 0 bridgehead atoms. The standard InChI is InChI=1S/C25H36N4O3/c1-31-16-7-23(30)27-22-18-25(22)8-2-19(3-9-25)5-11-28-12-14-29(15-13-28)24-20-6-17-32-21(20)4-10-26-24/h4,6,10,17,19,22H,2-3,5,7-9,11-16,18H2,1H3,(H,27,30). The lowest BCUT2D eigenvalue weighted by Gasteiger charge is -2.37. The van der Waals surface area contributed by atoms with Gasteiger partial charge < -0.3 is 19.4 Å². The molecule has 7 nitrogen and oxygen atoms in total. The van der Waals surface area contributed by atoms with E-state index >= 15 is 0 Å². The van der Waals surface area contributed by atoms with Crippen LogP contribution in [-0.4, -0.2) is 68.3 Å². The van der Waals surface area contributed by atoms with Crippen LogP contribution >= 0.6 is 0 Å². The number of ether oxygens (including phenoxy) is 1. The molecule has 2 aliphatic carbocycles. The van der Waals surface area contributed by atoms with Crippen molar-refractivity contribution in [3.05, 3.63) is 24.6 Å². The van der Waals surface area contributed by atoms with Gasteiger partial charge in [-0.15, -0.1) is 0 Å². The highest BCUT2D eigenvalue weighted by molar-refractivity contribution is 5.88. The van der Waals surface area contributed by atoms with Gasteiger partial charge in [-0.3, -0.25) is 9.69 Å². The molecule has 2 saturated carbocycles. The van der Waals surface area contributed by atoms with Crippen LogP contribution in [0.15, 0.2) is 29.0 Å². The van der Waals surface area contributed by atoms with Crippen molar-refractivity contribution >= 4 is 22.7 Å². The number of methoxy groups -OCH3 is 1. The van der Waals surface area contributed by atoms with Crippen LogP contribution in [0.2, 0.25) is 0 Å². The maximum Gasteiger partial charge on any atom is 0.222 e. The van der Waals surface area contributed by atoms with Crippen molar-refractivity contribution in [2.75, 3.05) is 51.3 Å². The summed E-state index contributed by atoms with van der Waals surface area (Å²) in [6.45, 7) is 5.96. The molecular weight excluding hydrogens is 404 g/mol. The van der Waals surface area contributed by atoms with Crippen molar-refractivity contribution in [3.8, 4) is 0 Å². The highest BCUT2D eigenvalue weighted by Gasteiger charge is 2.55. The highest BCUT2D eigenvalue weighted by Crippen LogP contribution is 2.57. The van der Waals surface area contributed by atoms with Crippen molar-refractivity contribution in [3.63, 3.8) is 0 Å². The van der Waals surface area contributed by atoms with E-state index in [2.05, 4.69) is 20.1 Å². The van der Waals surface area contributed by atoms with Crippen molar-refractivity contribution in [1.82, 2.24) is 15.2 Å². The monoisotopic (exact) mass is 440 g/mol. The van der Waals surface area contributed by atoms with Gasteiger partial charge in [-0.25, -0.2) is 4.98 Å². The Bertz CT molecular complexity index is 913. The number of hydrogen-bond acceptors (Lipinski definition) is 6. The molecule has 0 radical (unpaired) electrons. The molecule has 32 heavy (non-hydrogen) atoms. The topological polar surface area (TPSA) is 70.8 Å². The predicted molar refractivity (Wildman–Crippen MR) is 125 cm³/mol. The molecule has 3 heterocycles. The number of nitrogens with zero attached hydrogens (tertiary/aromatic N) is 3. The fourth-order valence-electron chi connectivity index (χ4n) is 5.79. The predicted octanol–water partition coefficient (Wildman–Crippen LogP) is 3.44. The Kier molecular flexibility index (Phi) is 6.37. The molecule has 3 fully saturated rings. The second kappa shape index (κ2) is 9.40. The van der Waals surface area contributed by atoms with Crippen LogP contribution in [0, 0.1) is 11.3 Å². The number of carbonyl (C=O) groups excluding carboxylic acids is 1. The maximum atomic E-state index is 12.0. The second-order valence-electron chi connectivity index (χ2n) is 9.96. The van der Waals surface area contributed by atoms with Gasteiger partial charge in [-0.05, 0) is 68.5 Å². The van der Waals surface area contributed by atoms with E-state index in [0.29, 0.717) is 24.5 Å². The summed E-state index contributed by atoms with van der Waals surface area (Å²) >= 11 is 0. The molecular formula is C25H36N4O3. The summed E-state index contributed by atoms with van der Waals surface area (Å²) < 4.78 is 10.5. The number of fused-ring (bicyclic) bond motifs is 1. The van der Waals surface area contributed by atoms with Crippen LogP contribution in [0.4, 0.5) is 5.82 Å². The molecule has 7 heteroatoms. The molecule has 1 amide bonds. The van der Waals surface area contributed by atoms with Crippen LogP contribution in [0.1, 0.15) is 44.9 Å². The lowest BCUT2D eigenvalue weighted by molar-refractivity contribution is -0.122. The Labute approximate surface area is 190 Å². The summed E-state index contributed by atoms with van der Waals surface area (Å²) in [6.07, 6.45) is 11.7. The number of nitrogens with one attached hydrogen (secondary N) is 1. The van der Waals surface area contributed by atoms with Crippen molar-refractivity contribution in [2.45, 2.75) is 51.0 Å². The number of pyridine rings is 1. The molecule has 2 aromatic heterocycles. The van der Waals surface area contributed by atoms with Gasteiger partial charge in [0.1, 0.15) is 11.4 Å². The van der Waals surface area contributed by atoms with Crippen LogP contribution in [-0.2, 0) is 9.53 Å². The minimum atomic E-state index is 0.147. The van der Waals surface area contributed by atoms with Gasteiger partial charge in [0, 0.05) is 51.9 Å². The molecule has 1 atom stereocenters. The smallest absolute Gasteiger partial charge is 0.222 e. The molecule has 174 valence electrons. The molecule has 1 unspecified atom stereocenters. The Morgan fingerprint density at radius 3 is 2.84 bits per heavy atom. The van der Waals surface area contributed by atoms with Crippen LogP contribution in [0.5, 0.6) is 0 Å². The third-order valence-electron chi connectivity index (χ3n) is 8.04. The highest BCUT2D eigenvalue weighted by atomic mass is 16.5. The van der Waals surface area contributed by atoms with Gasteiger partial charge in [0.05, 0.1) is 18.3 Å². The largest absolute Gasteiger partial charge is 0.464 e. The minimum absolute atomic E-state index is 0.147. The third-order valence-corrected chi connectivity index (χ3v) is 8.04. The van der Waals surface area contributed by atoms with Crippen molar-refractivity contribution in [2.24, 2.45) is 11.3 Å². The number of hydrogen-bond donors (Lipinski definition) is 1. The van der Waals surface area contributed by atoms with Gasteiger partial charge in [0.2, 0.25) is 5.91 Å². The zero-order valence-electron chi connectivity index (χ0n) is 19.2. The summed E-state index contributed by atoms with van der Waals surface area (Å²) in [7, 11) is 1.64. The van der Waals surface area contributed by atoms with Gasteiger partial charge in [-0.1, -0.05) is 0 Å². The number of rotatable bonds is 8. The fourth-order valence-corrected chi connectivity index (χ4v) is 5.79. The summed E-state index contributed by atoms with van der Waals surface area (Å²) in [6, 6.07) is 4.37. The van der Waals surface area contributed by atoms with E-state index < -0.39 is 0 Å². The lowest BCUT2D eigenvalue weighted by Crippen LogP contribution is -2.47. The first kappa shape index (κ1) is 21.7. The Morgan fingerprint density at radius 1 is 1.25 bits per heavy atom. The molecule has 2 aromatic rings. The minimum Gasteiger partial charge on any atom is -0.464 e. The zero-order chi connectivity index (χ0) is 22.0. The molecule has 3 aliphatic rings. The van der Waals surface area contributed by atoms with E-state index in [4.69, 9.17) is 9.15 Å². The van der Waals surface area contributed by atoms with Gasteiger partial charge >= 0.3 is 0 Å². The second-order valence-corrected chi connectivity index (χ2v) is 9.96. The average molecular weight is 441 g/mol. The molecule has 1 saturated heterocycles. The number of anilines is 1. The number of amides is 1. The summed E-state index contributed by atoms with van der Waals surface area (Å²) in [4.78, 5) is 21.6. The zero-order valence-corrected chi connectivity index (χ0v) is 19.2. The quantitative estimate of drug-likeness (QED) is 0.678. The van der Waals surface area contributed by atoms with Gasteiger partial charge in [0.25, 0.3) is 0 Å². The van der Waals surface area contributed by atoms with Gasteiger partial charge in [-0.2, -0.15) is 0 Å². The normalized spacial score (nSPS) is 28.3. The molecule has 1 spiro atoms. The van der Waals surface area contributed by atoms with Gasteiger partial charge in [0.15, 0.2) is 0 Å². The maximum absolute atomic E-state index is 12.0. The molecule has 1 N–H and O–H groups in total. The van der Waals surface area contributed by atoms with E-state index in [0.717, 1.165) is 48.9 Å². The van der Waals surface area contributed by atoms with Crippen molar-refractivity contribution < 1.29 is 13.9 Å². The van der Waals surface area contributed by atoms with Crippen LogP contribution in [0.25, 0.3) is 11.0 Å². The SMILES string of the molecule is COCCC(=O)NC1CC12CCC(CCN1CCN(c3nccc4occc34)CC1)CC2. The van der Waals surface area contributed by atoms with E-state index in [1.54, 1.807) is 13.4 Å². The molecule has 5 rings (SSSR count). The lowest BCUT2D eigenvalue weighted by atomic mass is 9.78. The Hall–Kier alpha value is -2.12. The summed E-state index contributed by atoms with van der Waals surface area (Å²) in [5, 5.41) is 4.35. The van der Waals surface area contributed by atoms with E-state index in [1.807, 2.05) is 18.3 Å². The number of piperazine rings is 1. The summed E-state index contributed by atoms with van der Waals surface area (Å²) in [5.74, 6) is 2.04. The van der Waals surface area contributed by atoms with E-state index in [-0.39, 0.29) is 5.91 Å². The number of furan rings is 1. The first-order valence-electron chi connectivity index (χ1n) is 12.2. The van der Waals surface area contributed by atoms with Crippen LogP contribution in [0.3, 0.4) is 0 Å². The van der Waals surface area contributed by atoms with Crippen LogP contribution < -0.4 is 10.2 Å². The third kappa shape index (κ3) is 4.64. The van der Waals surface area contributed by atoms with E-state index in [1.165, 1.54) is 45.1 Å². The fraction of sp³-hybridized carbons (Fsp3) is 0.680. The average Bonchev–Trinajstić information content (AvgIpc) is 3.24. The first-order valence-corrected chi connectivity index (χ1v) is 12.2. The molecule has 0 aromatic carbocycles. The Balaban J connectivity index is 1.02. The summed E-state index contributed by atoms with van der Waals surface area (Å²) in [5.41, 5.74) is 1.33. The van der Waals surface area contributed by atoms with Crippen molar-refractivity contribution in [1.29, 1.82) is 0 Å². The molecule has 1 aliphatic heterocycles.